The van der Waals surface area contributed by atoms with Crippen LogP contribution in [0.2, 0.25) is 0 Å². The first-order valence-corrected chi connectivity index (χ1v) is 6.04. The van der Waals surface area contributed by atoms with Crippen LogP contribution in [-0.4, -0.2) is 23.5 Å². The van der Waals surface area contributed by atoms with E-state index < -0.39 is 12.0 Å². The third-order valence-corrected chi connectivity index (χ3v) is 2.85. The number of carbonyl (C=O) groups excluding carboxylic acids is 1. The van der Waals surface area contributed by atoms with E-state index in [1.807, 2.05) is 30.5 Å². The highest BCUT2D eigenvalue weighted by atomic mass is 19.4. The Morgan fingerprint density at radius 3 is 2.80 bits per heavy atom. The average Bonchev–Trinajstić information content (AvgIpc) is 2.80. The Bertz CT molecular complexity index is 629. The van der Waals surface area contributed by atoms with E-state index in [9.17, 15) is 18.0 Å². The molecule has 0 aliphatic rings. The fourth-order valence-corrected chi connectivity index (χ4v) is 1.86. The monoisotopic (exact) mass is 282 g/mol. The standard InChI is InChI=1S/C14H13F3N2O/c15-14(16,17)13(20)6-8-18-7-5-10-9-19-12-4-2-1-3-11(10)12/h1-4,6,8-9,18-19H,5,7H2. The van der Waals surface area contributed by atoms with E-state index in [1.165, 1.54) is 0 Å². The fraction of sp³-hybridized carbons (Fsp3) is 0.214. The Morgan fingerprint density at radius 1 is 1.30 bits per heavy atom. The zero-order valence-electron chi connectivity index (χ0n) is 10.5. The molecule has 0 bridgehead atoms. The Balaban J connectivity index is 1.85. The Hall–Kier alpha value is -2.24. The SMILES string of the molecule is O=C(C=CNCCc1c[nH]c2ccccc12)C(F)(F)F. The number of alkyl halides is 3. The van der Waals surface area contributed by atoms with Crippen LogP contribution in [0.4, 0.5) is 13.2 Å². The first kappa shape index (κ1) is 14.2. The van der Waals surface area contributed by atoms with Crippen molar-refractivity contribution >= 4 is 16.7 Å². The van der Waals surface area contributed by atoms with Crippen LogP contribution < -0.4 is 5.32 Å². The molecule has 0 radical (unpaired) electrons. The summed E-state index contributed by atoms with van der Waals surface area (Å²) in [5.74, 6) is -1.86. The third-order valence-electron chi connectivity index (χ3n) is 2.85. The summed E-state index contributed by atoms with van der Waals surface area (Å²) in [7, 11) is 0. The topological polar surface area (TPSA) is 44.9 Å². The molecule has 0 aliphatic carbocycles. The molecule has 1 heterocycles. The second-order valence-electron chi connectivity index (χ2n) is 4.26. The smallest absolute Gasteiger partial charge is 0.390 e. The molecule has 106 valence electrons. The highest BCUT2D eigenvalue weighted by molar-refractivity contribution is 5.94. The minimum absolute atomic E-state index is 0.448. The molecule has 2 rings (SSSR count). The quantitative estimate of drug-likeness (QED) is 0.654. The molecule has 20 heavy (non-hydrogen) atoms. The predicted octanol–water partition coefficient (Wildman–Crippen LogP) is 2.95. The number of rotatable bonds is 5. The lowest BCUT2D eigenvalue weighted by Crippen LogP contribution is -2.21. The van der Waals surface area contributed by atoms with Crippen molar-refractivity contribution in [1.82, 2.24) is 10.3 Å². The highest BCUT2D eigenvalue weighted by Crippen LogP contribution is 2.18. The second kappa shape index (κ2) is 5.81. The second-order valence-corrected chi connectivity index (χ2v) is 4.26. The first-order valence-electron chi connectivity index (χ1n) is 6.04. The van der Waals surface area contributed by atoms with Crippen LogP contribution in [0.1, 0.15) is 5.56 Å². The number of ketones is 1. The van der Waals surface area contributed by atoms with Crippen LogP contribution in [0, 0.1) is 0 Å². The number of H-pyrrole nitrogens is 1. The van der Waals surface area contributed by atoms with Gasteiger partial charge >= 0.3 is 6.18 Å². The van der Waals surface area contributed by atoms with E-state index in [-0.39, 0.29) is 0 Å². The van der Waals surface area contributed by atoms with Gasteiger partial charge in [0, 0.05) is 35.9 Å². The molecule has 1 aromatic carbocycles. The average molecular weight is 282 g/mol. The molecule has 6 heteroatoms. The number of hydrogen-bond donors (Lipinski definition) is 2. The molecular formula is C14H13F3N2O. The van der Waals surface area contributed by atoms with Crippen molar-refractivity contribution in [2.45, 2.75) is 12.6 Å². The Kier molecular flexibility index (Phi) is 4.12. The predicted molar refractivity (Wildman–Crippen MR) is 70.2 cm³/mol. The van der Waals surface area contributed by atoms with Crippen LogP contribution in [0.25, 0.3) is 10.9 Å². The van der Waals surface area contributed by atoms with Gasteiger partial charge in [0.25, 0.3) is 5.78 Å². The van der Waals surface area contributed by atoms with Gasteiger partial charge in [0.1, 0.15) is 0 Å². The molecule has 0 atom stereocenters. The van der Waals surface area contributed by atoms with Crippen LogP contribution >= 0.6 is 0 Å². The summed E-state index contributed by atoms with van der Waals surface area (Å²) in [5, 5.41) is 3.76. The third kappa shape index (κ3) is 3.40. The summed E-state index contributed by atoms with van der Waals surface area (Å²) < 4.78 is 35.8. The molecule has 2 aromatic rings. The van der Waals surface area contributed by atoms with Crippen molar-refractivity contribution in [2.75, 3.05) is 6.54 Å². The Morgan fingerprint density at radius 2 is 2.05 bits per heavy atom. The summed E-state index contributed by atoms with van der Waals surface area (Å²) in [4.78, 5) is 13.7. The summed E-state index contributed by atoms with van der Waals surface area (Å²) in [6, 6.07) is 7.78. The maximum atomic E-state index is 11.9. The van der Waals surface area contributed by atoms with Crippen molar-refractivity contribution in [2.24, 2.45) is 0 Å². The van der Waals surface area contributed by atoms with E-state index in [1.54, 1.807) is 0 Å². The number of nitrogens with one attached hydrogen (secondary N) is 2. The summed E-state index contributed by atoms with van der Waals surface area (Å²) in [5.41, 5.74) is 2.09. The van der Waals surface area contributed by atoms with Gasteiger partial charge in [-0.2, -0.15) is 13.2 Å². The zero-order valence-corrected chi connectivity index (χ0v) is 10.5. The van der Waals surface area contributed by atoms with Gasteiger partial charge in [-0.1, -0.05) is 18.2 Å². The van der Waals surface area contributed by atoms with Crippen LogP contribution in [0.3, 0.4) is 0 Å². The summed E-state index contributed by atoms with van der Waals surface area (Å²) in [6.07, 6.45) is -0.763. The molecule has 0 unspecified atom stereocenters. The molecule has 3 nitrogen and oxygen atoms in total. The van der Waals surface area contributed by atoms with Gasteiger partial charge in [0.05, 0.1) is 0 Å². The van der Waals surface area contributed by atoms with Gasteiger partial charge in [0.15, 0.2) is 0 Å². The minimum Gasteiger partial charge on any atom is -0.390 e. The van der Waals surface area contributed by atoms with Crippen molar-refractivity contribution < 1.29 is 18.0 Å². The molecule has 0 amide bonds. The van der Waals surface area contributed by atoms with Crippen molar-refractivity contribution in [1.29, 1.82) is 0 Å². The fourth-order valence-electron chi connectivity index (χ4n) is 1.86. The molecular weight excluding hydrogens is 269 g/mol. The minimum atomic E-state index is -4.81. The number of allylic oxidation sites excluding steroid dienone is 1. The number of fused-ring (bicyclic) bond motifs is 1. The lowest BCUT2D eigenvalue weighted by Gasteiger charge is -2.02. The lowest BCUT2D eigenvalue weighted by molar-refractivity contribution is -0.165. The number of halogens is 3. The molecule has 0 spiro atoms. The zero-order chi connectivity index (χ0) is 14.6. The van der Waals surface area contributed by atoms with E-state index in [2.05, 4.69) is 10.3 Å². The number of carbonyl (C=O) groups is 1. The maximum Gasteiger partial charge on any atom is 0.454 e. The number of aromatic amines is 1. The lowest BCUT2D eigenvalue weighted by atomic mass is 10.1. The number of benzene rings is 1. The van der Waals surface area contributed by atoms with Gasteiger partial charge in [-0.3, -0.25) is 4.79 Å². The Labute approximate surface area is 113 Å². The van der Waals surface area contributed by atoms with Gasteiger partial charge in [0.2, 0.25) is 0 Å². The van der Waals surface area contributed by atoms with Crippen LogP contribution in [-0.2, 0) is 11.2 Å². The van der Waals surface area contributed by atoms with Crippen molar-refractivity contribution in [3.63, 3.8) is 0 Å². The van der Waals surface area contributed by atoms with E-state index in [0.717, 1.165) is 22.7 Å². The molecule has 0 aliphatic heterocycles. The van der Waals surface area contributed by atoms with Crippen LogP contribution in [0.15, 0.2) is 42.7 Å². The van der Waals surface area contributed by atoms with E-state index in [0.29, 0.717) is 19.0 Å². The van der Waals surface area contributed by atoms with Crippen molar-refractivity contribution in [3.05, 3.63) is 48.3 Å². The number of aromatic nitrogens is 1. The first-order chi connectivity index (χ1) is 9.48. The highest BCUT2D eigenvalue weighted by Gasteiger charge is 2.35. The largest absolute Gasteiger partial charge is 0.454 e. The van der Waals surface area contributed by atoms with Gasteiger partial charge in [-0.25, -0.2) is 0 Å². The summed E-state index contributed by atoms with van der Waals surface area (Å²) in [6.45, 7) is 0.448. The molecule has 2 N–H and O–H groups in total. The normalized spacial score (nSPS) is 12.2. The molecule has 0 saturated heterocycles. The number of hydrogen-bond acceptors (Lipinski definition) is 2. The molecule has 0 fully saturated rings. The maximum absolute atomic E-state index is 11.9. The van der Waals surface area contributed by atoms with Gasteiger partial charge in [-0.05, 0) is 18.1 Å². The van der Waals surface area contributed by atoms with Crippen molar-refractivity contribution in [3.8, 4) is 0 Å². The number of para-hydroxylation sites is 1. The van der Waals surface area contributed by atoms with E-state index in [4.69, 9.17) is 0 Å². The van der Waals surface area contributed by atoms with Crippen LogP contribution in [0.5, 0.6) is 0 Å². The van der Waals surface area contributed by atoms with E-state index >= 15 is 0 Å². The molecule has 1 aromatic heterocycles. The summed E-state index contributed by atoms with van der Waals surface area (Å²) >= 11 is 0. The molecule has 0 saturated carbocycles. The van der Waals surface area contributed by atoms with Gasteiger partial charge in [-0.15, -0.1) is 0 Å². The van der Waals surface area contributed by atoms with Gasteiger partial charge < -0.3 is 10.3 Å².